The van der Waals surface area contributed by atoms with Crippen LogP contribution < -0.4 is 10.1 Å². The minimum absolute atomic E-state index is 0.462. The third-order valence-electron chi connectivity index (χ3n) is 3.38. The van der Waals surface area contributed by atoms with Crippen molar-refractivity contribution in [2.45, 2.75) is 31.6 Å². The summed E-state index contributed by atoms with van der Waals surface area (Å²) in [5.41, 5.74) is 1.39. The van der Waals surface area contributed by atoms with Crippen LogP contribution in [0.2, 0.25) is 0 Å². The molecule has 2 atom stereocenters. The standard InChI is InChI=1S/C16H25NOS2/c1-3-9-17-16(15-12-19-10-11-20-15)13-5-7-14(8-6-13)18-4-2/h5-8,15-17H,3-4,9-12H2,1-2H3. The molecule has 1 aliphatic heterocycles. The average molecular weight is 312 g/mol. The van der Waals surface area contributed by atoms with E-state index in [0.717, 1.165) is 18.9 Å². The Bertz CT molecular complexity index is 377. The largest absolute Gasteiger partial charge is 0.494 e. The summed E-state index contributed by atoms with van der Waals surface area (Å²) in [5, 5.41) is 4.41. The molecule has 2 rings (SSSR count). The van der Waals surface area contributed by atoms with E-state index < -0.39 is 0 Å². The van der Waals surface area contributed by atoms with Gasteiger partial charge in [-0.15, -0.1) is 0 Å². The lowest BCUT2D eigenvalue weighted by molar-refractivity contribution is 0.340. The molecule has 2 nitrogen and oxygen atoms in total. The molecule has 112 valence electrons. The van der Waals surface area contributed by atoms with Crippen molar-refractivity contribution in [2.75, 3.05) is 30.4 Å². The van der Waals surface area contributed by atoms with Gasteiger partial charge in [0.1, 0.15) is 5.75 Å². The first-order valence-electron chi connectivity index (χ1n) is 7.50. The lowest BCUT2D eigenvalue weighted by Gasteiger charge is -2.30. The molecular formula is C16H25NOS2. The highest BCUT2D eigenvalue weighted by Gasteiger charge is 2.25. The molecule has 2 unspecified atom stereocenters. The number of nitrogens with one attached hydrogen (secondary N) is 1. The van der Waals surface area contributed by atoms with E-state index in [2.05, 4.69) is 60.0 Å². The normalized spacial score (nSPS) is 20.6. The van der Waals surface area contributed by atoms with Crippen molar-refractivity contribution in [3.63, 3.8) is 0 Å². The van der Waals surface area contributed by atoms with Gasteiger partial charge in [-0.1, -0.05) is 19.1 Å². The molecule has 1 N–H and O–H groups in total. The van der Waals surface area contributed by atoms with Gasteiger partial charge in [0, 0.05) is 28.6 Å². The highest BCUT2D eigenvalue weighted by Crippen LogP contribution is 2.34. The third kappa shape index (κ3) is 4.61. The molecule has 0 aliphatic carbocycles. The van der Waals surface area contributed by atoms with Gasteiger partial charge in [0.2, 0.25) is 0 Å². The molecule has 4 heteroatoms. The van der Waals surface area contributed by atoms with Gasteiger partial charge >= 0.3 is 0 Å². The van der Waals surface area contributed by atoms with E-state index in [9.17, 15) is 0 Å². The van der Waals surface area contributed by atoms with Crippen LogP contribution in [0.4, 0.5) is 0 Å². The van der Waals surface area contributed by atoms with Gasteiger partial charge in [0.15, 0.2) is 0 Å². The predicted molar refractivity (Wildman–Crippen MR) is 92.2 cm³/mol. The zero-order chi connectivity index (χ0) is 14.2. The molecule has 1 aliphatic rings. The first-order chi connectivity index (χ1) is 9.85. The number of rotatable bonds is 7. The van der Waals surface area contributed by atoms with Crippen LogP contribution in [0, 0.1) is 0 Å². The van der Waals surface area contributed by atoms with Crippen LogP contribution in [-0.2, 0) is 0 Å². The van der Waals surface area contributed by atoms with Crippen LogP contribution in [0.25, 0.3) is 0 Å². The molecule has 0 spiro atoms. The Morgan fingerprint density at radius 2 is 2.05 bits per heavy atom. The summed E-state index contributed by atoms with van der Waals surface area (Å²) in [5.74, 6) is 4.79. The van der Waals surface area contributed by atoms with Gasteiger partial charge in [0.05, 0.1) is 6.61 Å². The van der Waals surface area contributed by atoms with E-state index in [1.165, 1.54) is 29.2 Å². The minimum atomic E-state index is 0.462. The quantitative estimate of drug-likeness (QED) is 0.822. The van der Waals surface area contributed by atoms with Crippen molar-refractivity contribution in [3.8, 4) is 5.75 Å². The predicted octanol–water partition coefficient (Wildman–Crippen LogP) is 3.97. The SMILES string of the molecule is CCCNC(c1ccc(OCC)cc1)C1CSCCS1. The molecule has 0 radical (unpaired) electrons. The summed E-state index contributed by atoms with van der Waals surface area (Å²) in [6, 6.07) is 9.10. The lowest BCUT2D eigenvalue weighted by Crippen LogP contribution is -2.34. The fraction of sp³-hybridized carbons (Fsp3) is 0.625. The van der Waals surface area contributed by atoms with Crippen LogP contribution in [0.15, 0.2) is 24.3 Å². The molecular weight excluding hydrogens is 286 g/mol. The molecule has 1 aromatic carbocycles. The van der Waals surface area contributed by atoms with E-state index in [4.69, 9.17) is 4.74 Å². The summed E-state index contributed by atoms with van der Waals surface area (Å²) in [7, 11) is 0. The van der Waals surface area contributed by atoms with Gasteiger partial charge in [-0.3, -0.25) is 0 Å². The smallest absolute Gasteiger partial charge is 0.119 e. The summed E-state index contributed by atoms with van der Waals surface area (Å²) in [4.78, 5) is 0. The van der Waals surface area contributed by atoms with Gasteiger partial charge < -0.3 is 10.1 Å². The van der Waals surface area contributed by atoms with E-state index in [0.29, 0.717) is 11.3 Å². The Morgan fingerprint density at radius 3 is 2.65 bits per heavy atom. The van der Waals surface area contributed by atoms with E-state index in [-0.39, 0.29) is 0 Å². The van der Waals surface area contributed by atoms with Crippen molar-refractivity contribution < 1.29 is 4.74 Å². The summed E-state index contributed by atoms with van der Waals surface area (Å²) in [6.45, 7) is 6.06. The van der Waals surface area contributed by atoms with E-state index in [1.54, 1.807) is 0 Å². The molecule has 1 heterocycles. The van der Waals surface area contributed by atoms with Crippen LogP contribution in [0.1, 0.15) is 31.9 Å². The van der Waals surface area contributed by atoms with Crippen molar-refractivity contribution in [2.24, 2.45) is 0 Å². The van der Waals surface area contributed by atoms with Crippen molar-refractivity contribution in [3.05, 3.63) is 29.8 Å². The highest BCUT2D eigenvalue weighted by atomic mass is 32.2. The molecule has 20 heavy (non-hydrogen) atoms. The molecule has 0 saturated carbocycles. The Kier molecular flexibility index (Phi) is 7.11. The number of benzene rings is 1. The third-order valence-corrected chi connectivity index (χ3v) is 6.24. The lowest BCUT2D eigenvalue weighted by atomic mass is 10.0. The van der Waals surface area contributed by atoms with Crippen LogP contribution >= 0.6 is 23.5 Å². The van der Waals surface area contributed by atoms with Crippen LogP contribution in [0.3, 0.4) is 0 Å². The maximum absolute atomic E-state index is 5.54. The van der Waals surface area contributed by atoms with Gasteiger partial charge in [-0.2, -0.15) is 23.5 Å². The zero-order valence-electron chi connectivity index (χ0n) is 12.4. The summed E-state index contributed by atoms with van der Waals surface area (Å²) >= 11 is 4.20. The molecule has 1 saturated heterocycles. The first-order valence-corrected chi connectivity index (χ1v) is 9.71. The second kappa shape index (κ2) is 8.85. The second-order valence-corrected chi connectivity index (χ2v) is 7.41. The number of thioether (sulfide) groups is 2. The van der Waals surface area contributed by atoms with Gasteiger partial charge in [-0.05, 0) is 37.6 Å². The number of ether oxygens (including phenoxy) is 1. The fourth-order valence-corrected chi connectivity index (χ4v) is 5.27. The summed E-state index contributed by atoms with van der Waals surface area (Å²) < 4.78 is 5.54. The van der Waals surface area contributed by atoms with Crippen molar-refractivity contribution in [1.29, 1.82) is 0 Å². The van der Waals surface area contributed by atoms with Gasteiger partial charge in [0.25, 0.3) is 0 Å². The monoisotopic (exact) mass is 311 g/mol. The molecule has 0 amide bonds. The van der Waals surface area contributed by atoms with Gasteiger partial charge in [-0.25, -0.2) is 0 Å². The van der Waals surface area contributed by atoms with Crippen molar-refractivity contribution >= 4 is 23.5 Å². The van der Waals surface area contributed by atoms with Crippen LogP contribution in [-0.4, -0.2) is 35.7 Å². The maximum Gasteiger partial charge on any atom is 0.119 e. The summed E-state index contributed by atoms with van der Waals surface area (Å²) in [6.07, 6.45) is 1.18. The highest BCUT2D eigenvalue weighted by molar-refractivity contribution is 8.06. The fourth-order valence-electron chi connectivity index (χ4n) is 2.40. The molecule has 0 aromatic heterocycles. The topological polar surface area (TPSA) is 21.3 Å². The number of hydrogen-bond acceptors (Lipinski definition) is 4. The molecule has 1 fully saturated rings. The van der Waals surface area contributed by atoms with Crippen LogP contribution in [0.5, 0.6) is 5.75 Å². The Hall–Kier alpha value is -0.320. The Labute approximate surface area is 131 Å². The Morgan fingerprint density at radius 1 is 1.25 bits per heavy atom. The molecule has 0 bridgehead atoms. The average Bonchev–Trinajstić information content (AvgIpc) is 2.51. The molecule has 1 aromatic rings. The zero-order valence-corrected chi connectivity index (χ0v) is 14.1. The van der Waals surface area contributed by atoms with E-state index in [1.807, 2.05) is 6.92 Å². The minimum Gasteiger partial charge on any atom is -0.494 e. The number of hydrogen-bond donors (Lipinski definition) is 1. The second-order valence-electron chi connectivity index (χ2n) is 4.92. The van der Waals surface area contributed by atoms with E-state index >= 15 is 0 Å². The first kappa shape index (κ1) is 16.1. The maximum atomic E-state index is 5.54. The Balaban J connectivity index is 2.07. The van der Waals surface area contributed by atoms with Crippen molar-refractivity contribution in [1.82, 2.24) is 5.32 Å².